The summed E-state index contributed by atoms with van der Waals surface area (Å²) < 4.78 is 49.8. The Labute approximate surface area is 146 Å². The minimum absolute atomic E-state index is 0.0152. The fourth-order valence-electron chi connectivity index (χ4n) is 2.10. The Hall–Kier alpha value is -1.30. The van der Waals surface area contributed by atoms with E-state index in [0.29, 0.717) is 0 Å². The van der Waals surface area contributed by atoms with Gasteiger partial charge in [0, 0.05) is 11.4 Å². The Morgan fingerprint density at radius 1 is 1.08 bits per heavy atom. The highest BCUT2D eigenvalue weighted by Gasteiger charge is 2.21. The van der Waals surface area contributed by atoms with E-state index in [1.54, 1.807) is 11.3 Å². The van der Waals surface area contributed by atoms with Gasteiger partial charge in [-0.1, -0.05) is 6.07 Å². The van der Waals surface area contributed by atoms with Crippen molar-refractivity contribution in [1.29, 1.82) is 0 Å². The number of sulfonamides is 2. The van der Waals surface area contributed by atoms with Crippen LogP contribution < -0.4 is 9.86 Å². The van der Waals surface area contributed by atoms with Crippen LogP contribution in [-0.2, 0) is 20.0 Å². The van der Waals surface area contributed by atoms with E-state index in [0.717, 1.165) is 4.88 Å². The van der Waals surface area contributed by atoms with Gasteiger partial charge in [-0.15, -0.1) is 11.3 Å². The molecular formula is C14H19N3O4S3. The minimum Gasteiger partial charge on any atom is -0.300 e. The summed E-state index contributed by atoms with van der Waals surface area (Å²) in [6.45, 7) is 0.201. The first-order valence-corrected chi connectivity index (χ1v) is 10.8. The zero-order valence-electron chi connectivity index (χ0n) is 13.2. The molecule has 24 heavy (non-hydrogen) atoms. The lowest BCUT2D eigenvalue weighted by Crippen LogP contribution is -2.34. The Morgan fingerprint density at radius 2 is 1.67 bits per heavy atom. The summed E-state index contributed by atoms with van der Waals surface area (Å²) in [6.07, 6.45) is 0. The Morgan fingerprint density at radius 3 is 2.12 bits per heavy atom. The molecule has 1 atom stereocenters. The van der Waals surface area contributed by atoms with Crippen molar-refractivity contribution in [1.82, 2.24) is 9.62 Å². The number of thiophene rings is 1. The van der Waals surface area contributed by atoms with Crippen molar-refractivity contribution in [2.24, 2.45) is 5.14 Å². The van der Waals surface area contributed by atoms with Crippen LogP contribution in [0.5, 0.6) is 0 Å². The molecule has 0 aliphatic carbocycles. The van der Waals surface area contributed by atoms with Crippen molar-refractivity contribution in [2.45, 2.75) is 15.8 Å². The lowest BCUT2D eigenvalue weighted by Gasteiger charge is -2.23. The van der Waals surface area contributed by atoms with Crippen LogP contribution in [-0.4, -0.2) is 42.4 Å². The van der Waals surface area contributed by atoms with Gasteiger partial charge in [0.1, 0.15) is 0 Å². The van der Waals surface area contributed by atoms with Crippen LogP contribution in [0.2, 0.25) is 0 Å². The van der Waals surface area contributed by atoms with Crippen LogP contribution in [0.1, 0.15) is 10.9 Å². The van der Waals surface area contributed by atoms with Crippen molar-refractivity contribution < 1.29 is 16.8 Å². The summed E-state index contributed by atoms with van der Waals surface area (Å²) >= 11 is 1.55. The molecule has 0 saturated heterocycles. The lowest BCUT2D eigenvalue weighted by atomic mass is 10.2. The summed E-state index contributed by atoms with van der Waals surface area (Å²) in [5.74, 6) is 0. The van der Waals surface area contributed by atoms with E-state index >= 15 is 0 Å². The van der Waals surface area contributed by atoms with Crippen molar-refractivity contribution in [3.63, 3.8) is 0 Å². The van der Waals surface area contributed by atoms with Gasteiger partial charge in [0.05, 0.1) is 15.8 Å². The average Bonchev–Trinajstić information content (AvgIpc) is 3.00. The maximum atomic E-state index is 12.4. The van der Waals surface area contributed by atoms with Crippen LogP contribution in [0.3, 0.4) is 0 Å². The maximum absolute atomic E-state index is 12.4. The molecule has 7 nitrogen and oxygen atoms in total. The number of primary sulfonamides is 1. The third-order valence-electron chi connectivity index (χ3n) is 3.42. The summed E-state index contributed by atoms with van der Waals surface area (Å²) in [5, 5.41) is 6.94. The molecule has 0 fully saturated rings. The molecule has 1 heterocycles. The molecule has 0 spiro atoms. The van der Waals surface area contributed by atoms with Crippen molar-refractivity contribution in [3.05, 3.63) is 46.7 Å². The van der Waals surface area contributed by atoms with Gasteiger partial charge in [0.25, 0.3) is 0 Å². The lowest BCUT2D eigenvalue weighted by molar-refractivity contribution is 0.303. The summed E-state index contributed by atoms with van der Waals surface area (Å²) in [6, 6.07) is 8.56. The molecule has 3 N–H and O–H groups in total. The number of hydrogen-bond acceptors (Lipinski definition) is 6. The van der Waals surface area contributed by atoms with Gasteiger partial charge in [-0.3, -0.25) is 0 Å². The molecule has 0 radical (unpaired) electrons. The highest BCUT2D eigenvalue weighted by Crippen LogP contribution is 2.23. The molecule has 132 valence electrons. The third kappa shape index (κ3) is 4.62. The summed E-state index contributed by atoms with van der Waals surface area (Å²) in [7, 11) is -3.85. The van der Waals surface area contributed by atoms with Crippen molar-refractivity contribution in [3.8, 4) is 0 Å². The van der Waals surface area contributed by atoms with Crippen LogP contribution in [0, 0.1) is 0 Å². The molecule has 0 aliphatic heterocycles. The normalized spacial score (nSPS) is 14.0. The number of nitrogens with zero attached hydrogens (tertiary/aromatic N) is 1. The number of benzene rings is 1. The molecule has 1 aromatic heterocycles. The molecule has 2 rings (SSSR count). The number of nitrogens with one attached hydrogen (secondary N) is 1. The zero-order chi connectivity index (χ0) is 18.0. The predicted octanol–water partition coefficient (Wildman–Crippen LogP) is 0.977. The topological polar surface area (TPSA) is 110 Å². The average molecular weight is 390 g/mol. The maximum Gasteiger partial charge on any atom is 0.240 e. The second kappa shape index (κ2) is 7.30. The SMILES string of the molecule is CN(C)C(CNS(=O)(=O)c1ccc(S(N)(=O)=O)cc1)c1cccs1. The van der Waals surface area contributed by atoms with Gasteiger partial charge in [-0.25, -0.2) is 26.7 Å². The second-order valence-electron chi connectivity index (χ2n) is 5.36. The van der Waals surface area contributed by atoms with Crippen molar-refractivity contribution >= 4 is 31.4 Å². The molecule has 1 unspecified atom stereocenters. The van der Waals surface area contributed by atoms with E-state index in [1.807, 2.05) is 36.5 Å². The van der Waals surface area contributed by atoms with E-state index in [-0.39, 0.29) is 22.4 Å². The monoisotopic (exact) mass is 389 g/mol. The molecule has 0 bridgehead atoms. The standard InChI is InChI=1S/C14H19N3O4S3/c1-17(2)13(14-4-3-9-22-14)10-16-24(20,21)12-7-5-11(6-8-12)23(15,18)19/h3-9,13,16H,10H2,1-2H3,(H2,15,18,19). The first kappa shape index (κ1) is 19.0. The molecule has 1 aromatic carbocycles. The zero-order valence-corrected chi connectivity index (χ0v) is 15.7. The van der Waals surface area contributed by atoms with E-state index in [9.17, 15) is 16.8 Å². The van der Waals surface area contributed by atoms with E-state index in [2.05, 4.69) is 4.72 Å². The van der Waals surface area contributed by atoms with Crippen LogP contribution in [0.15, 0.2) is 51.6 Å². The fourth-order valence-corrected chi connectivity index (χ4v) is 4.58. The predicted molar refractivity (Wildman–Crippen MR) is 93.8 cm³/mol. The summed E-state index contributed by atoms with van der Waals surface area (Å²) in [4.78, 5) is 2.83. The van der Waals surface area contributed by atoms with E-state index < -0.39 is 20.0 Å². The van der Waals surface area contributed by atoms with Gasteiger partial charge in [0.2, 0.25) is 20.0 Å². The molecule has 2 aromatic rings. The smallest absolute Gasteiger partial charge is 0.240 e. The molecule has 0 aliphatic rings. The number of rotatable bonds is 7. The highest BCUT2D eigenvalue weighted by molar-refractivity contribution is 7.89. The second-order valence-corrected chi connectivity index (χ2v) is 9.67. The van der Waals surface area contributed by atoms with Crippen molar-refractivity contribution in [2.75, 3.05) is 20.6 Å². The van der Waals surface area contributed by atoms with Gasteiger partial charge in [0.15, 0.2) is 0 Å². The first-order valence-electron chi connectivity index (χ1n) is 6.93. The van der Waals surface area contributed by atoms with Gasteiger partial charge < -0.3 is 4.90 Å². The van der Waals surface area contributed by atoms with Crippen LogP contribution in [0.25, 0.3) is 0 Å². The number of likely N-dealkylation sites (N-methyl/N-ethyl adjacent to an activating group) is 1. The van der Waals surface area contributed by atoms with Gasteiger partial charge in [-0.05, 0) is 49.8 Å². The Kier molecular flexibility index (Phi) is 5.78. The van der Waals surface area contributed by atoms with Crippen LogP contribution in [0.4, 0.5) is 0 Å². The van der Waals surface area contributed by atoms with Gasteiger partial charge in [-0.2, -0.15) is 0 Å². The fraction of sp³-hybridized carbons (Fsp3) is 0.286. The Balaban J connectivity index is 2.16. The number of hydrogen-bond donors (Lipinski definition) is 2. The molecule has 10 heteroatoms. The van der Waals surface area contributed by atoms with E-state index in [4.69, 9.17) is 5.14 Å². The third-order valence-corrected chi connectivity index (χ3v) is 6.77. The largest absolute Gasteiger partial charge is 0.300 e. The first-order chi connectivity index (χ1) is 11.1. The molecule has 0 saturated carbocycles. The highest BCUT2D eigenvalue weighted by atomic mass is 32.2. The minimum atomic E-state index is -3.85. The molecular weight excluding hydrogens is 370 g/mol. The summed E-state index contributed by atoms with van der Waals surface area (Å²) in [5.41, 5.74) is 0. The van der Waals surface area contributed by atoms with Crippen LogP contribution >= 0.6 is 11.3 Å². The molecule has 0 amide bonds. The van der Waals surface area contributed by atoms with Gasteiger partial charge >= 0.3 is 0 Å². The quantitative estimate of drug-likeness (QED) is 0.733. The Bertz CT molecular complexity index is 874. The van der Waals surface area contributed by atoms with E-state index in [1.165, 1.54) is 24.3 Å². The number of nitrogens with two attached hydrogens (primary N) is 1.